The number of halogens is 1. The number of esters is 1. The maximum Gasteiger partial charge on any atom is 0.334 e. The Morgan fingerprint density at radius 3 is 2.82 bits per heavy atom. The Labute approximate surface area is 103 Å². The summed E-state index contributed by atoms with van der Waals surface area (Å²) in [7, 11) is 1.25. The summed E-state index contributed by atoms with van der Waals surface area (Å²) in [6, 6.07) is 5.90. The summed E-state index contributed by atoms with van der Waals surface area (Å²) < 4.78 is 4.53. The molecule has 0 saturated carbocycles. The minimum atomic E-state index is -0.550. The molecule has 90 valence electrons. The van der Waals surface area contributed by atoms with Crippen LogP contribution >= 0.6 is 11.6 Å². The van der Waals surface area contributed by atoms with Crippen LogP contribution < -0.4 is 0 Å². The quantitative estimate of drug-likeness (QED) is 0.272. The van der Waals surface area contributed by atoms with Crippen LogP contribution in [0.2, 0.25) is 0 Å². The second-order valence-electron chi connectivity index (χ2n) is 3.15. The van der Waals surface area contributed by atoms with E-state index in [0.29, 0.717) is 5.56 Å². The van der Waals surface area contributed by atoms with Gasteiger partial charge in [0, 0.05) is 12.1 Å². The lowest BCUT2D eigenvalue weighted by Gasteiger charge is -2.01. The van der Waals surface area contributed by atoms with E-state index in [9.17, 15) is 14.9 Å². The van der Waals surface area contributed by atoms with E-state index in [1.807, 2.05) is 0 Å². The molecule has 0 N–H and O–H groups in total. The summed E-state index contributed by atoms with van der Waals surface area (Å²) in [4.78, 5) is 21.3. The first-order chi connectivity index (χ1) is 8.08. The third-order valence-electron chi connectivity index (χ3n) is 2.01. The number of alkyl halides is 1. The van der Waals surface area contributed by atoms with E-state index < -0.39 is 10.9 Å². The lowest BCUT2D eigenvalue weighted by Crippen LogP contribution is -2.05. The molecule has 0 saturated heterocycles. The molecule has 0 amide bonds. The number of benzene rings is 1. The topological polar surface area (TPSA) is 69.4 Å². The number of non-ortho nitro benzene ring substituents is 1. The molecule has 0 aromatic heterocycles. The van der Waals surface area contributed by atoms with E-state index in [1.54, 1.807) is 6.07 Å². The molecule has 0 aliphatic carbocycles. The van der Waals surface area contributed by atoms with Crippen LogP contribution in [-0.2, 0) is 9.53 Å². The van der Waals surface area contributed by atoms with E-state index in [1.165, 1.54) is 31.4 Å². The van der Waals surface area contributed by atoms with Crippen LogP contribution in [0.3, 0.4) is 0 Å². The fourth-order valence-electron chi connectivity index (χ4n) is 1.21. The van der Waals surface area contributed by atoms with Crippen molar-refractivity contribution in [2.75, 3.05) is 13.0 Å². The zero-order valence-corrected chi connectivity index (χ0v) is 9.81. The Morgan fingerprint density at radius 2 is 2.29 bits per heavy atom. The molecular formula is C11H10ClNO4. The molecule has 0 aliphatic heterocycles. The van der Waals surface area contributed by atoms with Crippen molar-refractivity contribution in [2.24, 2.45) is 0 Å². The predicted octanol–water partition coefficient (Wildman–Crippen LogP) is 2.39. The van der Waals surface area contributed by atoms with Gasteiger partial charge < -0.3 is 4.74 Å². The Bertz CT molecular complexity index is 470. The molecule has 0 unspecified atom stereocenters. The number of ether oxygens (including phenoxy) is 1. The second-order valence-corrected chi connectivity index (χ2v) is 3.41. The van der Waals surface area contributed by atoms with Crippen molar-refractivity contribution in [3.8, 4) is 0 Å². The van der Waals surface area contributed by atoms with Gasteiger partial charge in [-0.05, 0) is 11.6 Å². The number of hydrogen-bond donors (Lipinski definition) is 0. The Kier molecular flexibility index (Phi) is 4.66. The number of nitro groups is 1. The number of rotatable bonds is 4. The molecule has 0 radical (unpaired) electrons. The van der Waals surface area contributed by atoms with Crippen LogP contribution in [0.4, 0.5) is 5.69 Å². The molecule has 0 aliphatic rings. The molecule has 1 aromatic rings. The monoisotopic (exact) mass is 255 g/mol. The Hall–Kier alpha value is -1.88. The SMILES string of the molecule is COC(=O)/C(=C/c1cccc([N+](=O)[O-])c1)CCl. The summed E-state index contributed by atoms with van der Waals surface area (Å²) in [5.41, 5.74) is 0.729. The minimum absolute atomic E-state index is 0.0185. The van der Waals surface area contributed by atoms with Gasteiger partial charge in [0.25, 0.3) is 5.69 Å². The highest BCUT2D eigenvalue weighted by molar-refractivity contribution is 6.23. The van der Waals surface area contributed by atoms with Crippen molar-refractivity contribution in [1.29, 1.82) is 0 Å². The second kappa shape index (κ2) is 6.00. The maximum absolute atomic E-state index is 11.3. The smallest absolute Gasteiger partial charge is 0.334 e. The van der Waals surface area contributed by atoms with E-state index in [0.717, 1.165) is 0 Å². The van der Waals surface area contributed by atoms with Gasteiger partial charge in [0.15, 0.2) is 0 Å². The van der Waals surface area contributed by atoms with E-state index in [2.05, 4.69) is 4.74 Å². The fourth-order valence-corrected chi connectivity index (χ4v) is 1.40. The number of carbonyl (C=O) groups excluding carboxylic acids is 1. The number of nitro benzene ring substituents is 1. The molecule has 0 atom stereocenters. The summed E-state index contributed by atoms with van der Waals surface area (Å²) in [5, 5.41) is 10.6. The van der Waals surface area contributed by atoms with Crippen LogP contribution in [0, 0.1) is 10.1 Å². The summed E-state index contributed by atoms with van der Waals surface area (Å²) in [6.07, 6.45) is 1.46. The normalized spacial score (nSPS) is 11.1. The first-order valence-electron chi connectivity index (χ1n) is 4.67. The standard InChI is InChI=1S/C11H10ClNO4/c1-17-11(14)9(7-12)5-8-3-2-4-10(6-8)13(15)16/h2-6H,7H2,1H3/b9-5+. The molecule has 5 nitrogen and oxygen atoms in total. The van der Waals surface area contributed by atoms with Crippen molar-refractivity contribution in [2.45, 2.75) is 0 Å². The van der Waals surface area contributed by atoms with Gasteiger partial charge >= 0.3 is 5.97 Å². The van der Waals surface area contributed by atoms with Gasteiger partial charge in [0.2, 0.25) is 0 Å². The molecule has 1 rings (SSSR count). The van der Waals surface area contributed by atoms with E-state index in [-0.39, 0.29) is 17.1 Å². The van der Waals surface area contributed by atoms with Crippen LogP contribution in [0.15, 0.2) is 29.8 Å². The summed E-state index contributed by atoms with van der Waals surface area (Å²) >= 11 is 5.59. The molecule has 1 aromatic carbocycles. The molecule has 6 heteroatoms. The highest BCUT2D eigenvalue weighted by atomic mass is 35.5. The third kappa shape index (κ3) is 3.57. The largest absolute Gasteiger partial charge is 0.466 e. The summed E-state index contributed by atoms with van der Waals surface area (Å²) in [6.45, 7) is 0. The lowest BCUT2D eigenvalue weighted by molar-refractivity contribution is -0.384. The first-order valence-corrected chi connectivity index (χ1v) is 5.21. The summed E-state index contributed by atoms with van der Waals surface area (Å²) in [5.74, 6) is -0.568. The van der Waals surface area contributed by atoms with Crippen molar-refractivity contribution < 1.29 is 14.5 Å². The van der Waals surface area contributed by atoms with E-state index >= 15 is 0 Å². The van der Waals surface area contributed by atoms with Crippen LogP contribution in [0.1, 0.15) is 5.56 Å². The van der Waals surface area contributed by atoms with E-state index in [4.69, 9.17) is 11.6 Å². The average molecular weight is 256 g/mol. The van der Waals surface area contributed by atoms with Crippen molar-refractivity contribution in [1.82, 2.24) is 0 Å². The van der Waals surface area contributed by atoms with Gasteiger partial charge in [0.05, 0.1) is 23.5 Å². The Morgan fingerprint density at radius 1 is 1.59 bits per heavy atom. The third-order valence-corrected chi connectivity index (χ3v) is 2.30. The van der Waals surface area contributed by atoms with Gasteiger partial charge in [-0.15, -0.1) is 11.6 Å². The zero-order valence-electron chi connectivity index (χ0n) is 9.05. The molecule has 17 heavy (non-hydrogen) atoms. The van der Waals surface area contributed by atoms with Crippen LogP contribution in [0.5, 0.6) is 0 Å². The molecule has 0 bridgehead atoms. The minimum Gasteiger partial charge on any atom is -0.466 e. The predicted molar refractivity (Wildman–Crippen MR) is 63.8 cm³/mol. The zero-order chi connectivity index (χ0) is 12.8. The van der Waals surface area contributed by atoms with Crippen LogP contribution in [-0.4, -0.2) is 23.9 Å². The van der Waals surface area contributed by atoms with Gasteiger partial charge in [0.1, 0.15) is 0 Å². The lowest BCUT2D eigenvalue weighted by atomic mass is 10.1. The fraction of sp³-hybridized carbons (Fsp3) is 0.182. The Balaban J connectivity index is 3.07. The highest BCUT2D eigenvalue weighted by Crippen LogP contribution is 2.16. The van der Waals surface area contributed by atoms with Gasteiger partial charge in [-0.25, -0.2) is 4.79 Å². The van der Waals surface area contributed by atoms with Crippen molar-refractivity contribution >= 4 is 29.3 Å². The molecular weight excluding hydrogens is 246 g/mol. The molecule has 0 spiro atoms. The maximum atomic E-state index is 11.3. The number of carbonyl (C=O) groups is 1. The number of nitrogens with zero attached hydrogens (tertiary/aromatic N) is 1. The molecule has 0 heterocycles. The number of methoxy groups -OCH3 is 1. The molecule has 0 fully saturated rings. The van der Waals surface area contributed by atoms with Gasteiger partial charge in [-0.1, -0.05) is 12.1 Å². The van der Waals surface area contributed by atoms with Crippen LogP contribution in [0.25, 0.3) is 6.08 Å². The first kappa shape index (κ1) is 13.2. The van der Waals surface area contributed by atoms with Crippen molar-refractivity contribution in [3.63, 3.8) is 0 Å². The van der Waals surface area contributed by atoms with Crippen molar-refractivity contribution in [3.05, 3.63) is 45.5 Å². The van der Waals surface area contributed by atoms with Gasteiger partial charge in [-0.2, -0.15) is 0 Å². The van der Waals surface area contributed by atoms with Gasteiger partial charge in [-0.3, -0.25) is 10.1 Å². The average Bonchev–Trinajstić information content (AvgIpc) is 2.35. The number of hydrogen-bond acceptors (Lipinski definition) is 4. The highest BCUT2D eigenvalue weighted by Gasteiger charge is 2.09.